The lowest BCUT2D eigenvalue weighted by molar-refractivity contribution is -0.127. The first kappa shape index (κ1) is 25.5. The van der Waals surface area contributed by atoms with Crippen molar-refractivity contribution < 1.29 is 23.1 Å². The first-order chi connectivity index (χ1) is 17.2. The van der Waals surface area contributed by atoms with E-state index in [0.29, 0.717) is 13.1 Å². The van der Waals surface area contributed by atoms with Gasteiger partial charge in [-0.3, -0.25) is 14.6 Å². The first-order valence-electron chi connectivity index (χ1n) is 11.9. The SMILES string of the molecule is C=CC(=O)N1CCN(Cc2ccc([C@H](C)Nc3nc(F)cc(N4C(=O)OC[C@@H]4[C@H](C)F)n3)cc2)CC1. The van der Waals surface area contributed by atoms with Crippen molar-refractivity contribution in [3.05, 3.63) is 60.1 Å². The van der Waals surface area contributed by atoms with Crippen LogP contribution in [0.25, 0.3) is 0 Å². The van der Waals surface area contributed by atoms with Gasteiger partial charge < -0.3 is 15.0 Å². The van der Waals surface area contributed by atoms with Gasteiger partial charge in [0.2, 0.25) is 17.8 Å². The molecule has 192 valence electrons. The first-order valence-corrected chi connectivity index (χ1v) is 11.9. The van der Waals surface area contributed by atoms with Gasteiger partial charge in [0.15, 0.2) is 0 Å². The minimum absolute atomic E-state index is 0.0153. The van der Waals surface area contributed by atoms with Crippen LogP contribution in [0.3, 0.4) is 0 Å². The van der Waals surface area contributed by atoms with Crippen LogP contribution in [0.2, 0.25) is 0 Å². The molecule has 1 aromatic heterocycles. The molecule has 1 aromatic carbocycles. The zero-order valence-corrected chi connectivity index (χ0v) is 20.4. The van der Waals surface area contributed by atoms with Crippen molar-refractivity contribution >= 4 is 23.8 Å². The molecule has 2 aliphatic rings. The molecule has 0 saturated carbocycles. The number of rotatable bonds is 8. The third-order valence-electron chi connectivity index (χ3n) is 6.45. The molecule has 0 bridgehead atoms. The maximum atomic E-state index is 14.3. The number of alkyl halides is 1. The number of anilines is 2. The number of carbonyl (C=O) groups excluding carboxylic acids is 2. The molecular formula is C25H30F2N6O3. The number of nitrogens with one attached hydrogen (secondary N) is 1. The normalized spacial score (nSPS) is 20.1. The summed E-state index contributed by atoms with van der Waals surface area (Å²) >= 11 is 0. The molecule has 36 heavy (non-hydrogen) atoms. The number of halogens is 2. The second-order valence-electron chi connectivity index (χ2n) is 8.98. The maximum Gasteiger partial charge on any atom is 0.416 e. The summed E-state index contributed by atoms with van der Waals surface area (Å²) in [5.41, 5.74) is 2.07. The molecule has 2 fully saturated rings. The molecule has 2 amide bonds. The Hall–Kier alpha value is -3.60. The smallest absolute Gasteiger partial charge is 0.416 e. The predicted octanol–water partition coefficient (Wildman–Crippen LogP) is 3.30. The number of carbonyl (C=O) groups is 2. The number of nitrogens with zero attached hydrogens (tertiary/aromatic N) is 5. The fourth-order valence-electron chi connectivity index (χ4n) is 4.33. The van der Waals surface area contributed by atoms with Crippen molar-refractivity contribution in [2.75, 3.05) is 43.0 Å². The Kier molecular flexibility index (Phi) is 7.78. The van der Waals surface area contributed by atoms with Gasteiger partial charge in [-0.05, 0) is 31.1 Å². The van der Waals surface area contributed by atoms with Crippen LogP contribution >= 0.6 is 0 Å². The van der Waals surface area contributed by atoms with Crippen molar-refractivity contribution in [1.29, 1.82) is 0 Å². The van der Waals surface area contributed by atoms with Crippen molar-refractivity contribution in [2.24, 2.45) is 0 Å². The molecule has 2 saturated heterocycles. The Morgan fingerprint density at radius 2 is 1.92 bits per heavy atom. The number of hydrogen-bond acceptors (Lipinski definition) is 7. The van der Waals surface area contributed by atoms with Crippen LogP contribution in [0.5, 0.6) is 0 Å². The number of cyclic esters (lactones) is 1. The van der Waals surface area contributed by atoms with Gasteiger partial charge in [0.1, 0.15) is 24.6 Å². The van der Waals surface area contributed by atoms with E-state index in [-0.39, 0.29) is 30.3 Å². The van der Waals surface area contributed by atoms with Crippen LogP contribution in [0.4, 0.5) is 25.3 Å². The van der Waals surface area contributed by atoms with E-state index in [0.717, 1.165) is 41.7 Å². The quantitative estimate of drug-likeness (QED) is 0.439. The summed E-state index contributed by atoms with van der Waals surface area (Å²) in [6.45, 7) is 10.3. The lowest BCUT2D eigenvalue weighted by atomic mass is 10.1. The Morgan fingerprint density at radius 1 is 1.22 bits per heavy atom. The largest absolute Gasteiger partial charge is 0.447 e. The van der Waals surface area contributed by atoms with Crippen LogP contribution in [-0.4, -0.2) is 76.8 Å². The van der Waals surface area contributed by atoms with Crippen molar-refractivity contribution in [1.82, 2.24) is 19.8 Å². The van der Waals surface area contributed by atoms with Crippen LogP contribution in [-0.2, 0) is 16.1 Å². The Bertz CT molecular complexity index is 1110. The zero-order valence-electron chi connectivity index (χ0n) is 20.4. The van der Waals surface area contributed by atoms with E-state index in [1.807, 2.05) is 31.2 Å². The predicted molar refractivity (Wildman–Crippen MR) is 131 cm³/mol. The van der Waals surface area contributed by atoms with Crippen LogP contribution in [0.15, 0.2) is 43.0 Å². The van der Waals surface area contributed by atoms with E-state index in [1.165, 1.54) is 13.0 Å². The van der Waals surface area contributed by atoms with Crippen LogP contribution in [0.1, 0.15) is 31.0 Å². The van der Waals surface area contributed by atoms with E-state index >= 15 is 0 Å². The van der Waals surface area contributed by atoms with E-state index in [9.17, 15) is 18.4 Å². The molecule has 3 atom stereocenters. The lowest BCUT2D eigenvalue weighted by Gasteiger charge is -2.34. The highest BCUT2D eigenvalue weighted by Gasteiger charge is 2.39. The molecule has 0 spiro atoms. The van der Waals surface area contributed by atoms with E-state index in [1.54, 1.807) is 4.90 Å². The Morgan fingerprint density at radius 3 is 2.56 bits per heavy atom. The van der Waals surface area contributed by atoms with Crippen molar-refractivity contribution in [3.8, 4) is 0 Å². The molecule has 11 heteroatoms. The molecule has 0 unspecified atom stereocenters. The summed E-state index contributed by atoms with van der Waals surface area (Å²) in [4.78, 5) is 37.0. The number of benzene rings is 1. The van der Waals surface area contributed by atoms with Crippen LogP contribution in [0, 0.1) is 5.95 Å². The number of amides is 2. The summed E-state index contributed by atoms with van der Waals surface area (Å²) in [6, 6.07) is 7.85. The van der Waals surface area contributed by atoms with Gasteiger partial charge in [0.05, 0.1) is 6.04 Å². The molecular weight excluding hydrogens is 470 g/mol. The highest BCUT2D eigenvalue weighted by Crippen LogP contribution is 2.27. The average molecular weight is 501 g/mol. The summed E-state index contributed by atoms with van der Waals surface area (Å²) in [6.07, 6.45) is -0.798. The highest BCUT2D eigenvalue weighted by molar-refractivity contribution is 5.89. The fourth-order valence-corrected chi connectivity index (χ4v) is 4.33. The van der Waals surface area contributed by atoms with Gasteiger partial charge in [0.25, 0.3) is 0 Å². The number of piperazine rings is 1. The average Bonchev–Trinajstić information content (AvgIpc) is 3.26. The summed E-state index contributed by atoms with van der Waals surface area (Å²) in [5.74, 6) is -0.949. The van der Waals surface area contributed by atoms with Gasteiger partial charge in [0, 0.05) is 38.8 Å². The fraction of sp³-hybridized carbons (Fsp3) is 0.440. The minimum Gasteiger partial charge on any atom is -0.447 e. The molecule has 4 rings (SSSR count). The molecule has 1 N–H and O–H groups in total. The Balaban J connectivity index is 1.38. The summed E-state index contributed by atoms with van der Waals surface area (Å²) in [7, 11) is 0. The molecule has 2 aliphatic heterocycles. The highest BCUT2D eigenvalue weighted by atomic mass is 19.1. The van der Waals surface area contributed by atoms with E-state index < -0.39 is 24.3 Å². The van der Waals surface area contributed by atoms with Crippen molar-refractivity contribution in [3.63, 3.8) is 0 Å². The van der Waals surface area contributed by atoms with Gasteiger partial charge >= 0.3 is 6.09 Å². The molecule has 0 aliphatic carbocycles. The van der Waals surface area contributed by atoms with Crippen molar-refractivity contribution in [2.45, 2.75) is 38.6 Å². The minimum atomic E-state index is -1.37. The van der Waals surface area contributed by atoms with Gasteiger partial charge in [-0.25, -0.2) is 9.18 Å². The number of aromatic nitrogens is 2. The van der Waals surface area contributed by atoms with Gasteiger partial charge in [-0.1, -0.05) is 30.8 Å². The molecule has 0 radical (unpaired) electrons. The molecule has 9 nitrogen and oxygen atoms in total. The van der Waals surface area contributed by atoms with E-state index in [4.69, 9.17) is 4.74 Å². The second kappa shape index (κ2) is 11.0. The monoisotopic (exact) mass is 500 g/mol. The summed E-state index contributed by atoms with van der Waals surface area (Å²) < 4.78 is 33.1. The van der Waals surface area contributed by atoms with Gasteiger partial charge in [-0.15, -0.1) is 0 Å². The lowest BCUT2D eigenvalue weighted by Crippen LogP contribution is -2.47. The van der Waals surface area contributed by atoms with Crippen LogP contribution < -0.4 is 10.2 Å². The topological polar surface area (TPSA) is 90.9 Å². The molecule has 2 aromatic rings. The Labute approximate surface area is 208 Å². The third-order valence-corrected chi connectivity index (χ3v) is 6.45. The van der Waals surface area contributed by atoms with E-state index in [2.05, 4.69) is 26.8 Å². The number of hydrogen-bond donors (Lipinski definition) is 1. The zero-order chi connectivity index (χ0) is 25.8. The second-order valence-corrected chi connectivity index (χ2v) is 8.98. The van der Waals surface area contributed by atoms with Gasteiger partial charge in [-0.2, -0.15) is 14.4 Å². The number of ether oxygens (including phenoxy) is 1. The summed E-state index contributed by atoms with van der Waals surface area (Å²) in [5, 5.41) is 3.05. The third kappa shape index (κ3) is 5.78. The standard InChI is InChI=1S/C25H30F2N6O3/c1-4-23(34)32-11-9-31(10-12-32)14-18-5-7-19(8-6-18)17(3)28-24-29-21(27)13-22(30-24)33-20(16(2)26)15-36-25(33)35/h4-8,13,16-17,20H,1,9-12,14-15H2,2-3H3,(H,28,29,30)/t16-,17-,20+/m0/s1. The molecule has 3 heterocycles. The maximum absolute atomic E-state index is 14.3.